The van der Waals surface area contributed by atoms with Gasteiger partial charge >= 0.3 is 0 Å². The van der Waals surface area contributed by atoms with Crippen molar-refractivity contribution in [3.8, 4) is 0 Å². The lowest BCUT2D eigenvalue weighted by molar-refractivity contribution is 0.287. The average molecular weight is 189 g/mol. The van der Waals surface area contributed by atoms with E-state index < -0.39 is 0 Å². The van der Waals surface area contributed by atoms with Crippen LogP contribution in [-0.4, -0.2) is 31.1 Å². The molecule has 0 aromatic heterocycles. The van der Waals surface area contributed by atoms with Crippen molar-refractivity contribution in [3.05, 3.63) is 42.4 Å². The molecule has 0 atom stereocenters. The summed E-state index contributed by atoms with van der Waals surface area (Å²) in [5, 5.41) is 3.35. The molecule has 0 unspecified atom stereocenters. The van der Waals surface area contributed by atoms with Crippen LogP contribution in [0.1, 0.15) is 5.56 Å². The van der Waals surface area contributed by atoms with E-state index in [0.717, 1.165) is 32.6 Å². The lowest BCUT2D eigenvalue weighted by atomic mass is 10.1. The molecular formula is C12H17N2. The summed E-state index contributed by atoms with van der Waals surface area (Å²) in [5.74, 6) is 0. The number of nitrogens with zero attached hydrogens (tertiary/aromatic N) is 1. The van der Waals surface area contributed by atoms with Gasteiger partial charge in [0.25, 0.3) is 0 Å². The van der Waals surface area contributed by atoms with Crippen LogP contribution < -0.4 is 5.32 Å². The molecule has 75 valence electrons. The van der Waals surface area contributed by atoms with E-state index in [0.29, 0.717) is 0 Å². The minimum Gasteiger partial charge on any atom is -0.314 e. The molecule has 1 aromatic carbocycles. The van der Waals surface area contributed by atoms with Gasteiger partial charge in [-0.05, 0) is 12.0 Å². The van der Waals surface area contributed by atoms with Crippen LogP contribution >= 0.6 is 0 Å². The normalized spacial score (nSPS) is 18.3. The topological polar surface area (TPSA) is 15.3 Å². The van der Waals surface area contributed by atoms with Gasteiger partial charge in [-0.1, -0.05) is 30.3 Å². The Balaban J connectivity index is 1.76. The fraction of sp³-hybridized carbons (Fsp3) is 0.417. The van der Waals surface area contributed by atoms with Crippen molar-refractivity contribution in [3.63, 3.8) is 0 Å². The zero-order chi connectivity index (χ0) is 9.64. The number of benzene rings is 1. The van der Waals surface area contributed by atoms with E-state index in [-0.39, 0.29) is 0 Å². The molecule has 2 nitrogen and oxygen atoms in total. The van der Waals surface area contributed by atoms with Crippen molar-refractivity contribution in [1.29, 1.82) is 0 Å². The Hall–Kier alpha value is -0.860. The van der Waals surface area contributed by atoms with E-state index in [4.69, 9.17) is 0 Å². The van der Waals surface area contributed by atoms with Gasteiger partial charge in [0.1, 0.15) is 0 Å². The van der Waals surface area contributed by atoms with Gasteiger partial charge in [0.15, 0.2) is 0 Å². The molecule has 1 aliphatic heterocycles. The summed E-state index contributed by atoms with van der Waals surface area (Å²) < 4.78 is 0. The Labute approximate surface area is 85.9 Å². The average Bonchev–Trinajstić information content (AvgIpc) is 2.29. The molecule has 1 N–H and O–H groups in total. The van der Waals surface area contributed by atoms with Crippen LogP contribution in [0.2, 0.25) is 0 Å². The van der Waals surface area contributed by atoms with Crippen LogP contribution in [0.3, 0.4) is 0 Å². The number of nitrogens with one attached hydrogen (secondary N) is 1. The fourth-order valence-electron chi connectivity index (χ4n) is 1.71. The highest BCUT2D eigenvalue weighted by molar-refractivity contribution is 5.16. The van der Waals surface area contributed by atoms with Gasteiger partial charge < -0.3 is 5.32 Å². The van der Waals surface area contributed by atoms with Gasteiger partial charge in [-0.15, -0.1) is 0 Å². The Morgan fingerprint density at radius 1 is 1.14 bits per heavy atom. The Bertz CT molecular complexity index is 252. The zero-order valence-corrected chi connectivity index (χ0v) is 8.45. The summed E-state index contributed by atoms with van der Waals surface area (Å²) >= 11 is 0. The predicted octanol–water partition coefficient (Wildman–Crippen LogP) is 1.30. The highest BCUT2D eigenvalue weighted by Gasteiger charge is 2.08. The molecule has 2 rings (SSSR count). The third-order valence-electron chi connectivity index (χ3n) is 2.58. The number of rotatable bonds is 3. The maximum absolute atomic E-state index is 3.35. The summed E-state index contributed by atoms with van der Waals surface area (Å²) in [4.78, 5) is 2.41. The first-order valence-corrected chi connectivity index (χ1v) is 5.27. The molecule has 2 heteroatoms. The molecule has 0 spiro atoms. The van der Waals surface area contributed by atoms with Crippen LogP contribution in [0.15, 0.2) is 30.3 Å². The molecule has 0 aliphatic carbocycles. The number of piperazine rings is 1. The molecule has 1 radical (unpaired) electrons. The van der Waals surface area contributed by atoms with E-state index in [9.17, 15) is 0 Å². The standard InChI is InChI=1S/C12H17N2/c1-2-4-12(5-3-1)6-9-14-10-7-13-8-11-14/h1-5,9,13H,6-8,10-11H2. The van der Waals surface area contributed by atoms with Crippen LogP contribution in [0.5, 0.6) is 0 Å². The smallest absolute Gasteiger partial charge is 0.0296 e. The molecule has 1 aromatic rings. The van der Waals surface area contributed by atoms with Gasteiger partial charge in [0, 0.05) is 32.7 Å². The monoisotopic (exact) mass is 189 g/mol. The molecular weight excluding hydrogens is 172 g/mol. The minimum absolute atomic E-state index is 1.06. The lowest BCUT2D eigenvalue weighted by Crippen LogP contribution is -2.42. The first-order chi connectivity index (χ1) is 6.95. The fourth-order valence-corrected chi connectivity index (χ4v) is 1.71. The van der Waals surface area contributed by atoms with Crippen molar-refractivity contribution in [2.45, 2.75) is 6.42 Å². The van der Waals surface area contributed by atoms with E-state index in [1.54, 1.807) is 0 Å². The second kappa shape index (κ2) is 5.13. The Morgan fingerprint density at radius 2 is 1.86 bits per heavy atom. The number of hydrogen-bond donors (Lipinski definition) is 1. The SMILES string of the molecule is [CH](Cc1ccccc1)N1CCNCC1. The Kier molecular flexibility index (Phi) is 3.55. The molecule has 0 amide bonds. The lowest BCUT2D eigenvalue weighted by Gasteiger charge is -2.26. The summed E-state index contributed by atoms with van der Waals surface area (Å²) in [5.41, 5.74) is 1.39. The second-order valence-electron chi connectivity index (χ2n) is 3.66. The maximum atomic E-state index is 3.35. The van der Waals surface area contributed by atoms with E-state index in [1.165, 1.54) is 5.56 Å². The molecule has 0 bridgehead atoms. The Morgan fingerprint density at radius 3 is 2.57 bits per heavy atom. The predicted molar refractivity (Wildman–Crippen MR) is 58.9 cm³/mol. The summed E-state index contributed by atoms with van der Waals surface area (Å²) in [7, 11) is 0. The molecule has 14 heavy (non-hydrogen) atoms. The van der Waals surface area contributed by atoms with E-state index in [2.05, 4.69) is 47.1 Å². The van der Waals surface area contributed by atoms with Crippen molar-refractivity contribution < 1.29 is 0 Å². The van der Waals surface area contributed by atoms with Crippen molar-refractivity contribution in [2.75, 3.05) is 26.2 Å². The highest BCUT2D eigenvalue weighted by Crippen LogP contribution is 2.05. The van der Waals surface area contributed by atoms with Crippen molar-refractivity contribution in [2.24, 2.45) is 0 Å². The van der Waals surface area contributed by atoms with E-state index in [1.807, 2.05) is 0 Å². The quantitative estimate of drug-likeness (QED) is 0.771. The molecule has 1 aliphatic rings. The zero-order valence-electron chi connectivity index (χ0n) is 8.45. The van der Waals surface area contributed by atoms with Crippen LogP contribution in [0, 0.1) is 6.54 Å². The highest BCUT2D eigenvalue weighted by atomic mass is 15.2. The third kappa shape index (κ3) is 2.82. The first kappa shape index (κ1) is 9.69. The second-order valence-corrected chi connectivity index (χ2v) is 3.66. The largest absolute Gasteiger partial charge is 0.314 e. The molecule has 1 heterocycles. The number of hydrogen-bond acceptors (Lipinski definition) is 2. The van der Waals surface area contributed by atoms with Crippen LogP contribution in [0.25, 0.3) is 0 Å². The van der Waals surface area contributed by atoms with Gasteiger partial charge in [0.2, 0.25) is 0 Å². The van der Waals surface area contributed by atoms with Crippen LogP contribution in [0.4, 0.5) is 0 Å². The summed E-state index contributed by atoms with van der Waals surface area (Å²) in [6, 6.07) is 10.6. The molecule has 1 saturated heterocycles. The van der Waals surface area contributed by atoms with Gasteiger partial charge in [-0.2, -0.15) is 0 Å². The molecule has 0 saturated carbocycles. The first-order valence-electron chi connectivity index (χ1n) is 5.27. The van der Waals surface area contributed by atoms with Crippen molar-refractivity contribution in [1.82, 2.24) is 10.2 Å². The van der Waals surface area contributed by atoms with E-state index >= 15 is 0 Å². The van der Waals surface area contributed by atoms with Crippen LogP contribution in [-0.2, 0) is 6.42 Å². The summed E-state index contributed by atoms with van der Waals surface area (Å²) in [6.07, 6.45) is 1.06. The summed E-state index contributed by atoms with van der Waals surface area (Å²) in [6.45, 7) is 6.84. The minimum atomic E-state index is 1.06. The molecule has 1 fully saturated rings. The van der Waals surface area contributed by atoms with Gasteiger partial charge in [0.05, 0.1) is 0 Å². The van der Waals surface area contributed by atoms with Gasteiger partial charge in [-0.3, -0.25) is 4.90 Å². The third-order valence-corrected chi connectivity index (χ3v) is 2.58. The maximum Gasteiger partial charge on any atom is 0.0296 e. The van der Waals surface area contributed by atoms with Crippen molar-refractivity contribution >= 4 is 0 Å². The van der Waals surface area contributed by atoms with Gasteiger partial charge in [-0.25, -0.2) is 0 Å².